The SMILES string of the molecule is C/C=C/C=C(\C=C\NC(C)/N=C\C=C/N)NC(=O)C1C=CC(CN(CC)CCNC)=CC1. The van der Waals surface area contributed by atoms with Gasteiger partial charge in [0, 0.05) is 37.7 Å². The summed E-state index contributed by atoms with van der Waals surface area (Å²) < 4.78 is 0. The number of hydrogen-bond acceptors (Lipinski definition) is 6. The number of nitrogens with one attached hydrogen (secondary N) is 3. The molecule has 7 heteroatoms. The van der Waals surface area contributed by atoms with Crippen LogP contribution in [0.4, 0.5) is 0 Å². The minimum absolute atomic E-state index is 0.0152. The van der Waals surface area contributed by atoms with E-state index in [-0.39, 0.29) is 18.0 Å². The molecule has 1 aliphatic rings. The second-order valence-electron chi connectivity index (χ2n) is 7.45. The second-order valence-corrected chi connectivity index (χ2v) is 7.45. The first kappa shape index (κ1) is 27.1. The Kier molecular flexibility index (Phi) is 14.2. The molecule has 0 aromatic heterocycles. The lowest BCUT2D eigenvalue weighted by molar-refractivity contribution is -0.122. The zero-order valence-electron chi connectivity index (χ0n) is 19.9. The summed E-state index contributed by atoms with van der Waals surface area (Å²) in [4.78, 5) is 19.4. The first-order valence-electron chi connectivity index (χ1n) is 11.2. The van der Waals surface area contributed by atoms with Gasteiger partial charge in [0.1, 0.15) is 6.17 Å². The second kappa shape index (κ2) is 16.8. The van der Waals surface area contributed by atoms with Crippen molar-refractivity contribution in [3.05, 3.63) is 72.3 Å². The molecule has 0 saturated heterocycles. The highest BCUT2D eigenvalue weighted by Gasteiger charge is 2.18. The standard InChI is InChI=1S/C25H40N6O/c1-5-7-9-24(14-17-29-21(3)28-16-8-15-26)30-25(32)23-12-10-22(11-13-23)20-31(6-2)19-18-27-4/h5,7-12,14-17,21,23,27,29H,6,13,18-20,26H2,1-4H3,(H,30,32)/b7-5+,15-8-,17-14+,24-9+,28-16-. The van der Waals surface area contributed by atoms with Crippen molar-refractivity contribution in [1.82, 2.24) is 20.9 Å². The number of likely N-dealkylation sites (N-methyl/N-ethyl adjacent to an activating group) is 2. The molecule has 0 aromatic rings. The third kappa shape index (κ3) is 11.5. The van der Waals surface area contributed by atoms with Crippen molar-refractivity contribution in [3.63, 3.8) is 0 Å². The topological polar surface area (TPSA) is 94.8 Å². The van der Waals surface area contributed by atoms with Crippen molar-refractivity contribution in [1.29, 1.82) is 0 Å². The molecule has 0 bridgehead atoms. The van der Waals surface area contributed by atoms with Gasteiger partial charge in [0.25, 0.3) is 0 Å². The number of nitrogens with two attached hydrogens (primary N) is 1. The molecule has 32 heavy (non-hydrogen) atoms. The Morgan fingerprint density at radius 3 is 2.84 bits per heavy atom. The fourth-order valence-corrected chi connectivity index (χ4v) is 2.98. The first-order chi connectivity index (χ1) is 15.5. The van der Waals surface area contributed by atoms with Gasteiger partial charge in [-0.25, -0.2) is 0 Å². The molecule has 1 aliphatic carbocycles. The van der Waals surface area contributed by atoms with Gasteiger partial charge in [0.05, 0.1) is 5.92 Å². The van der Waals surface area contributed by atoms with E-state index in [1.54, 1.807) is 18.5 Å². The Morgan fingerprint density at radius 1 is 1.41 bits per heavy atom. The number of amides is 1. The summed E-state index contributed by atoms with van der Waals surface area (Å²) in [6.07, 6.45) is 20.9. The van der Waals surface area contributed by atoms with E-state index in [4.69, 9.17) is 5.73 Å². The molecule has 0 radical (unpaired) electrons. The zero-order chi connectivity index (χ0) is 23.6. The van der Waals surface area contributed by atoms with Gasteiger partial charge in [0.2, 0.25) is 5.91 Å². The molecule has 176 valence electrons. The third-order valence-corrected chi connectivity index (χ3v) is 4.89. The van der Waals surface area contributed by atoms with Crippen LogP contribution in [0.15, 0.2) is 77.3 Å². The number of carbonyl (C=O) groups excluding carboxylic acids is 1. The van der Waals surface area contributed by atoms with Crippen molar-refractivity contribution in [2.75, 3.05) is 33.2 Å². The van der Waals surface area contributed by atoms with Crippen LogP contribution < -0.4 is 21.7 Å². The van der Waals surface area contributed by atoms with Crippen LogP contribution in [-0.2, 0) is 4.79 Å². The van der Waals surface area contributed by atoms with Crippen LogP contribution in [0.1, 0.15) is 27.2 Å². The van der Waals surface area contributed by atoms with E-state index in [9.17, 15) is 4.79 Å². The average molecular weight is 441 g/mol. The molecular weight excluding hydrogens is 400 g/mol. The number of aliphatic imine (C=N–C) groups is 1. The zero-order valence-corrected chi connectivity index (χ0v) is 19.9. The van der Waals surface area contributed by atoms with E-state index in [0.29, 0.717) is 12.1 Å². The van der Waals surface area contributed by atoms with Crippen LogP contribution in [0.2, 0.25) is 0 Å². The molecule has 5 N–H and O–H groups in total. The molecule has 0 aromatic carbocycles. The minimum atomic E-state index is -0.173. The van der Waals surface area contributed by atoms with Crippen LogP contribution in [-0.4, -0.2) is 56.4 Å². The van der Waals surface area contributed by atoms with Crippen molar-refractivity contribution in [2.24, 2.45) is 16.6 Å². The lowest BCUT2D eigenvalue weighted by atomic mass is 9.95. The lowest BCUT2D eigenvalue weighted by Crippen LogP contribution is -2.33. The monoisotopic (exact) mass is 440 g/mol. The quantitative estimate of drug-likeness (QED) is 0.246. The maximum Gasteiger partial charge on any atom is 0.231 e. The smallest absolute Gasteiger partial charge is 0.231 e. The molecule has 1 rings (SSSR count). The van der Waals surface area contributed by atoms with Gasteiger partial charge < -0.3 is 21.7 Å². The van der Waals surface area contributed by atoms with Crippen molar-refractivity contribution >= 4 is 12.1 Å². The van der Waals surface area contributed by atoms with Crippen molar-refractivity contribution < 1.29 is 4.79 Å². The number of allylic oxidation sites excluding steroid dienone is 6. The van der Waals surface area contributed by atoms with Gasteiger partial charge in [-0.15, -0.1) is 0 Å². The average Bonchev–Trinajstić information content (AvgIpc) is 2.80. The summed E-state index contributed by atoms with van der Waals surface area (Å²) >= 11 is 0. The number of nitrogens with zero attached hydrogens (tertiary/aromatic N) is 2. The molecule has 0 spiro atoms. The molecule has 0 heterocycles. The molecule has 0 fully saturated rings. The Hall–Kier alpha value is -2.90. The predicted octanol–water partition coefficient (Wildman–Crippen LogP) is 2.60. The first-order valence-corrected chi connectivity index (χ1v) is 11.2. The van der Waals surface area contributed by atoms with Crippen LogP contribution >= 0.6 is 0 Å². The molecule has 2 unspecified atom stereocenters. The van der Waals surface area contributed by atoms with Gasteiger partial charge in [-0.1, -0.05) is 37.3 Å². The lowest BCUT2D eigenvalue weighted by Gasteiger charge is -2.23. The Labute approximate surface area is 193 Å². The maximum absolute atomic E-state index is 12.8. The summed E-state index contributed by atoms with van der Waals surface area (Å²) in [5.41, 5.74) is 7.27. The van der Waals surface area contributed by atoms with E-state index in [1.807, 2.05) is 51.3 Å². The molecule has 0 aliphatic heterocycles. The van der Waals surface area contributed by atoms with Crippen molar-refractivity contribution in [2.45, 2.75) is 33.4 Å². The highest BCUT2D eigenvalue weighted by atomic mass is 16.1. The highest BCUT2D eigenvalue weighted by molar-refractivity contribution is 5.83. The van der Waals surface area contributed by atoms with E-state index < -0.39 is 0 Å². The van der Waals surface area contributed by atoms with Crippen LogP contribution in [0.25, 0.3) is 0 Å². The molecule has 2 atom stereocenters. The van der Waals surface area contributed by atoms with Crippen molar-refractivity contribution in [3.8, 4) is 0 Å². The van der Waals surface area contributed by atoms with Gasteiger partial charge in [-0.05, 0) is 63.9 Å². The van der Waals surface area contributed by atoms with Gasteiger partial charge >= 0.3 is 0 Å². The summed E-state index contributed by atoms with van der Waals surface area (Å²) in [6, 6.07) is 0. The fourth-order valence-electron chi connectivity index (χ4n) is 2.98. The van der Waals surface area contributed by atoms with Gasteiger partial charge in [-0.2, -0.15) is 0 Å². The van der Waals surface area contributed by atoms with E-state index in [2.05, 4.69) is 44.9 Å². The predicted molar refractivity (Wildman–Crippen MR) is 136 cm³/mol. The third-order valence-electron chi connectivity index (χ3n) is 4.89. The van der Waals surface area contributed by atoms with Gasteiger partial charge in [0.15, 0.2) is 0 Å². The summed E-state index contributed by atoms with van der Waals surface area (Å²) in [7, 11) is 1.97. The van der Waals surface area contributed by atoms with E-state index in [0.717, 1.165) is 26.2 Å². The number of rotatable bonds is 14. The summed E-state index contributed by atoms with van der Waals surface area (Å²) in [5, 5.41) is 9.35. The van der Waals surface area contributed by atoms with Crippen LogP contribution in [0.3, 0.4) is 0 Å². The summed E-state index contributed by atoms with van der Waals surface area (Å²) in [6.45, 7) is 9.92. The number of hydrogen-bond donors (Lipinski definition) is 4. The fraction of sp³-hybridized carbons (Fsp3) is 0.440. The summed E-state index contributed by atoms with van der Waals surface area (Å²) in [5.74, 6) is -0.188. The molecule has 0 saturated carbocycles. The molecular formula is C25H40N6O. The van der Waals surface area contributed by atoms with E-state index in [1.165, 1.54) is 11.8 Å². The largest absolute Gasteiger partial charge is 0.405 e. The number of carbonyl (C=O) groups is 1. The van der Waals surface area contributed by atoms with E-state index >= 15 is 0 Å². The molecule has 1 amide bonds. The van der Waals surface area contributed by atoms with Crippen LogP contribution in [0, 0.1) is 5.92 Å². The maximum atomic E-state index is 12.8. The highest BCUT2D eigenvalue weighted by Crippen LogP contribution is 2.18. The van der Waals surface area contributed by atoms with Gasteiger partial charge in [-0.3, -0.25) is 14.7 Å². The minimum Gasteiger partial charge on any atom is -0.405 e. The Bertz CT molecular complexity index is 760. The normalized spacial score (nSPS) is 18.3. The molecule has 7 nitrogen and oxygen atoms in total. The van der Waals surface area contributed by atoms with Crippen LogP contribution in [0.5, 0.6) is 0 Å². The Balaban J connectivity index is 2.63. The Morgan fingerprint density at radius 2 is 2.22 bits per heavy atom.